The lowest BCUT2D eigenvalue weighted by molar-refractivity contribution is 0.0292. The molecule has 2 aliphatic rings. The van der Waals surface area contributed by atoms with Gasteiger partial charge in [0.05, 0.1) is 30.5 Å². The second-order valence-electron chi connectivity index (χ2n) is 6.30. The Morgan fingerprint density at radius 3 is 2.83 bits per heavy atom. The molecular weight excluding hydrogens is 312 g/mol. The lowest BCUT2D eigenvalue weighted by atomic mass is 10.2. The normalized spacial score (nSPS) is 22.5. The van der Waals surface area contributed by atoms with Crippen molar-refractivity contribution >= 4 is 17.4 Å². The van der Waals surface area contributed by atoms with Crippen molar-refractivity contribution in [3.05, 3.63) is 15.6 Å². The van der Waals surface area contributed by atoms with Crippen LogP contribution in [-0.4, -0.2) is 66.2 Å². The molecule has 1 N–H and O–H groups in total. The number of likely N-dealkylation sites (tertiary alicyclic amines) is 1. The van der Waals surface area contributed by atoms with Gasteiger partial charge in [-0.05, 0) is 26.7 Å². The molecule has 0 aromatic carbocycles. The van der Waals surface area contributed by atoms with Crippen molar-refractivity contribution in [3.63, 3.8) is 0 Å². The number of morpholine rings is 1. The van der Waals surface area contributed by atoms with E-state index in [0.29, 0.717) is 12.6 Å². The Labute approximate surface area is 141 Å². The van der Waals surface area contributed by atoms with Crippen LogP contribution in [0.1, 0.15) is 28.4 Å². The van der Waals surface area contributed by atoms with Crippen molar-refractivity contribution < 1.29 is 9.53 Å². The average Bonchev–Trinajstić information content (AvgIpc) is 3.12. The maximum atomic E-state index is 12.5. The molecule has 7 heteroatoms. The number of amides is 2. The Morgan fingerprint density at radius 1 is 1.35 bits per heavy atom. The molecule has 1 aromatic rings. The molecular formula is C16H26N4O2S. The molecule has 0 spiro atoms. The monoisotopic (exact) mass is 338 g/mol. The minimum atomic E-state index is 0.0613. The van der Waals surface area contributed by atoms with Crippen molar-refractivity contribution in [1.29, 1.82) is 0 Å². The van der Waals surface area contributed by atoms with Gasteiger partial charge in [0.2, 0.25) is 0 Å². The average molecular weight is 338 g/mol. The maximum absolute atomic E-state index is 12.5. The SMILES string of the molecule is Cc1nc(C)c(CNC(=O)N2CCCC2CN2CCOCC2)s1. The summed E-state index contributed by atoms with van der Waals surface area (Å²) in [5.41, 5.74) is 1.03. The Balaban J connectivity index is 1.52. The molecule has 1 unspecified atom stereocenters. The third kappa shape index (κ3) is 4.22. The lowest BCUT2D eigenvalue weighted by Crippen LogP contribution is -2.49. The first-order valence-corrected chi connectivity index (χ1v) is 9.22. The third-order valence-corrected chi connectivity index (χ3v) is 5.68. The number of hydrogen-bond acceptors (Lipinski definition) is 5. The second kappa shape index (κ2) is 7.59. The molecule has 0 radical (unpaired) electrons. The highest BCUT2D eigenvalue weighted by Crippen LogP contribution is 2.20. The molecule has 0 bridgehead atoms. The predicted molar refractivity (Wildman–Crippen MR) is 90.8 cm³/mol. The number of aryl methyl sites for hydroxylation is 2. The molecule has 3 rings (SSSR count). The van der Waals surface area contributed by atoms with Crippen molar-refractivity contribution in [2.75, 3.05) is 39.4 Å². The fraction of sp³-hybridized carbons (Fsp3) is 0.750. The summed E-state index contributed by atoms with van der Waals surface area (Å²) in [7, 11) is 0. The largest absolute Gasteiger partial charge is 0.379 e. The van der Waals surface area contributed by atoms with Crippen LogP contribution in [0.5, 0.6) is 0 Å². The number of nitrogens with zero attached hydrogens (tertiary/aromatic N) is 3. The van der Waals surface area contributed by atoms with E-state index in [1.807, 2.05) is 18.7 Å². The number of thiazole rings is 1. The van der Waals surface area contributed by atoms with Crippen LogP contribution in [0.25, 0.3) is 0 Å². The molecule has 2 amide bonds. The van der Waals surface area contributed by atoms with Gasteiger partial charge in [0.15, 0.2) is 0 Å². The van der Waals surface area contributed by atoms with Crippen molar-refractivity contribution in [3.8, 4) is 0 Å². The van der Waals surface area contributed by atoms with Gasteiger partial charge in [-0.25, -0.2) is 9.78 Å². The smallest absolute Gasteiger partial charge is 0.317 e. The summed E-state index contributed by atoms with van der Waals surface area (Å²) in [6.07, 6.45) is 2.20. The number of aromatic nitrogens is 1. The number of urea groups is 1. The van der Waals surface area contributed by atoms with Crippen molar-refractivity contribution in [2.24, 2.45) is 0 Å². The van der Waals surface area contributed by atoms with Crippen LogP contribution in [-0.2, 0) is 11.3 Å². The standard InChI is InChI=1S/C16H26N4O2S/c1-12-15(23-13(2)18-12)10-17-16(21)20-5-3-4-14(20)11-19-6-8-22-9-7-19/h14H,3-11H2,1-2H3,(H,17,21). The minimum absolute atomic E-state index is 0.0613. The molecule has 2 fully saturated rings. The fourth-order valence-corrected chi connectivity index (χ4v) is 4.25. The molecule has 128 valence electrons. The highest BCUT2D eigenvalue weighted by Gasteiger charge is 2.30. The Hall–Kier alpha value is -1.18. The fourth-order valence-electron chi connectivity index (χ4n) is 3.37. The molecule has 0 saturated carbocycles. The van der Waals surface area contributed by atoms with Gasteiger partial charge in [-0.1, -0.05) is 0 Å². The molecule has 1 atom stereocenters. The van der Waals surface area contributed by atoms with Gasteiger partial charge in [0.25, 0.3) is 0 Å². The van der Waals surface area contributed by atoms with E-state index in [1.54, 1.807) is 11.3 Å². The number of carbonyl (C=O) groups is 1. The predicted octanol–water partition coefficient (Wildman–Crippen LogP) is 1.77. The van der Waals surface area contributed by atoms with Gasteiger partial charge in [-0.3, -0.25) is 4.90 Å². The second-order valence-corrected chi connectivity index (χ2v) is 7.59. The summed E-state index contributed by atoms with van der Waals surface area (Å²) in [5.74, 6) is 0. The molecule has 3 heterocycles. The Kier molecular flexibility index (Phi) is 5.50. The van der Waals surface area contributed by atoms with Crippen LogP contribution in [0.2, 0.25) is 0 Å². The number of carbonyl (C=O) groups excluding carboxylic acids is 1. The first-order valence-electron chi connectivity index (χ1n) is 8.41. The number of ether oxygens (including phenoxy) is 1. The van der Waals surface area contributed by atoms with E-state index in [9.17, 15) is 4.79 Å². The van der Waals surface area contributed by atoms with Crippen LogP contribution < -0.4 is 5.32 Å². The molecule has 0 aliphatic carbocycles. The van der Waals surface area contributed by atoms with Gasteiger partial charge >= 0.3 is 6.03 Å². The van der Waals surface area contributed by atoms with Gasteiger partial charge in [-0.2, -0.15) is 0 Å². The van der Waals surface area contributed by atoms with E-state index in [1.165, 1.54) is 0 Å². The molecule has 2 saturated heterocycles. The zero-order chi connectivity index (χ0) is 16.2. The van der Waals surface area contributed by atoms with Crippen LogP contribution >= 0.6 is 11.3 Å². The van der Waals surface area contributed by atoms with Gasteiger partial charge in [0.1, 0.15) is 0 Å². The van der Waals surface area contributed by atoms with E-state index in [4.69, 9.17) is 4.74 Å². The Morgan fingerprint density at radius 2 is 2.13 bits per heavy atom. The Bertz CT molecular complexity index is 542. The lowest BCUT2D eigenvalue weighted by Gasteiger charge is -2.32. The van der Waals surface area contributed by atoms with E-state index < -0.39 is 0 Å². The van der Waals surface area contributed by atoms with Crippen molar-refractivity contribution in [2.45, 2.75) is 39.3 Å². The highest BCUT2D eigenvalue weighted by molar-refractivity contribution is 7.11. The van der Waals surface area contributed by atoms with Gasteiger partial charge in [0, 0.05) is 37.1 Å². The van der Waals surface area contributed by atoms with Crippen molar-refractivity contribution in [1.82, 2.24) is 20.1 Å². The third-order valence-electron chi connectivity index (χ3n) is 4.61. The summed E-state index contributed by atoms with van der Waals surface area (Å²) in [4.78, 5) is 22.5. The summed E-state index contributed by atoms with van der Waals surface area (Å²) in [5, 5.41) is 4.13. The highest BCUT2D eigenvalue weighted by atomic mass is 32.1. The summed E-state index contributed by atoms with van der Waals surface area (Å²) in [6.45, 7) is 9.99. The summed E-state index contributed by atoms with van der Waals surface area (Å²) >= 11 is 1.66. The van der Waals surface area contributed by atoms with Gasteiger partial charge < -0.3 is 15.0 Å². The van der Waals surface area contributed by atoms with Crippen LogP contribution in [0, 0.1) is 13.8 Å². The first-order chi connectivity index (χ1) is 11.1. The number of rotatable bonds is 4. The van der Waals surface area contributed by atoms with E-state index >= 15 is 0 Å². The number of hydrogen-bond donors (Lipinski definition) is 1. The number of nitrogens with one attached hydrogen (secondary N) is 1. The quantitative estimate of drug-likeness (QED) is 0.909. The zero-order valence-corrected chi connectivity index (χ0v) is 14.8. The first kappa shape index (κ1) is 16.7. The summed E-state index contributed by atoms with van der Waals surface area (Å²) < 4.78 is 5.40. The molecule has 6 nitrogen and oxygen atoms in total. The summed E-state index contributed by atoms with van der Waals surface area (Å²) in [6, 6.07) is 0.392. The van der Waals surface area contributed by atoms with E-state index in [0.717, 1.165) is 67.8 Å². The van der Waals surface area contributed by atoms with E-state index in [-0.39, 0.29) is 6.03 Å². The zero-order valence-electron chi connectivity index (χ0n) is 14.0. The van der Waals surface area contributed by atoms with E-state index in [2.05, 4.69) is 15.2 Å². The van der Waals surface area contributed by atoms with Gasteiger partial charge in [-0.15, -0.1) is 11.3 Å². The molecule has 23 heavy (non-hydrogen) atoms. The van der Waals surface area contributed by atoms with Crippen LogP contribution in [0.15, 0.2) is 0 Å². The molecule has 2 aliphatic heterocycles. The van der Waals surface area contributed by atoms with Crippen LogP contribution in [0.4, 0.5) is 4.79 Å². The molecule has 1 aromatic heterocycles. The topological polar surface area (TPSA) is 57.7 Å². The maximum Gasteiger partial charge on any atom is 0.317 e. The van der Waals surface area contributed by atoms with Crippen LogP contribution in [0.3, 0.4) is 0 Å². The minimum Gasteiger partial charge on any atom is -0.379 e.